The summed E-state index contributed by atoms with van der Waals surface area (Å²) in [6.45, 7) is 4.60. The summed E-state index contributed by atoms with van der Waals surface area (Å²) in [6, 6.07) is 4.82. The zero-order valence-electron chi connectivity index (χ0n) is 15.1. The van der Waals surface area contributed by atoms with Gasteiger partial charge in [0.15, 0.2) is 0 Å². The number of imide groups is 1. The smallest absolute Gasteiger partial charge is 0.325 e. The summed E-state index contributed by atoms with van der Waals surface area (Å²) >= 11 is 0. The van der Waals surface area contributed by atoms with Crippen LogP contribution in [0.1, 0.15) is 38.7 Å². The quantitative estimate of drug-likeness (QED) is 0.757. The van der Waals surface area contributed by atoms with Gasteiger partial charge in [0.25, 0.3) is 5.91 Å². The van der Waals surface area contributed by atoms with E-state index in [1.54, 1.807) is 11.8 Å². The number of carbonyl (C=O) groups is 3. The summed E-state index contributed by atoms with van der Waals surface area (Å²) in [5, 5.41) is 2.64. The second-order valence-corrected chi connectivity index (χ2v) is 7.24. The van der Waals surface area contributed by atoms with E-state index >= 15 is 0 Å². The van der Waals surface area contributed by atoms with Gasteiger partial charge >= 0.3 is 6.03 Å². The molecular weight excluding hydrogens is 337 g/mol. The van der Waals surface area contributed by atoms with Crippen molar-refractivity contribution in [2.45, 2.75) is 38.6 Å². The fourth-order valence-corrected chi connectivity index (χ4v) is 3.25. The summed E-state index contributed by atoms with van der Waals surface area (Å²) in [4.78, 5) is 40.5. The van der Waals surface area contributed by atoms with Crippen LogP contribution in [0.4, 0.5) is 9.18 Å². The second kappa shape index (κ2) is 7.05. The molecule has 1 heterocycles. The van der Waals surface area contributed by atoms with Crippen LogP contribution in [-0.4, -0.2) is 47.3 Å². The Bertz CT molecular complexity index is 717. The van der Waals surface area contributed by atoms with Crippen molar-refractivity contribution in [3.8, 4) is 0 Å². The molecule has 3 rings (SSSR count). The Hall–Kier alpha value is -2.44. The van der Waals surface area contributed by atoms with Gasteiger partial charge in [0.1, 0.15) is 17.9 Å². The molecule has 140 valence electrons. The number of rotatable bonds is 7. The molecule has 0 aromatic heterocycles. The van der Waals surface area contributed by atoms with E-state index in [-0.39, 0.29) is 12.5 Å². The van der Waals surface area contributed by atoms with Crippen molar-refractivity contribution < 1.29 is 18.8 Å². The maximum atomic E-state index is 13.2. The third-order valence-corrected chi connectivity index (χ3v) is 5.01. The zero-order valence-corrected chi connectivity index (χ0v) is 15.1. The summed E-state index contributed by atoms with van der Waals surface area (Å²) in [5.74, 6) is -0.592. The van der Waals surface area contributed by atoms with Crippen LogP contribution in [0.2, 0.25) is 0 Å². The molecule has 1 aliphatic carbocycles. The van der Waals surface area contributed by atoms with Crippen LogP contribution in [0, 0.1) is 11.7 Å². The highest BCUT2D eigenvalue weighted by molar-refractivity contribution is 6.09. The lowest BCUT2D eigenvalue weighted by Gasteiger charge is -2.25. The van der Waals surface area contributed by atoms with E-state index in [9.17, 15) is 18.8 Å². The van der Waals surface area contributed by atoms with Gasteiger partial charge in [-0.05, 0) is 49.8 Å². The molecule has 0 radical (unpaired) electrons. The van der Waals surface area contributed by atoms with Crippen LogP contribution in [0.5, 0.6) is 0 Å². The number of carbonyl (C=O) groups excluding carboxylic acids is 3. The molecule has 1 saturated heterocycles. The van der Waals surface area contributed by atoms with Crippen LogP contribution < -0.4 is 5.32 Å². The highest BCUT2D eigenvalue weighted by Gasteiger charge is 2.49. The van der Waals surface area contributed by atoms with Gasteiger partial charge in [-0.15, -0.1) is 0 Å². The van der Waals surface area contributed by atoms with Crippen molar-refractivity contribution in [2.24, 2.45) is 5.92 Å². The van der Waals surface area contributed by atoms with Crippen molar-refractivity contribution in [1.82, 2.24) is 15.1 Å². The predicted octanol–water partition coefficient (Wildman–Crippen LogP) is 2.24. The average Bonchev–Trinajstić information content (AvgIpc) is 3.39. The molecule has 2 aliphatic rings. The Morgan fingerprint density at radius 3 is 2.54 bits per heavy atom. The number of urea groups is 1. The van der Waals surface area contributed by atoms with Crippen LogP contribution in [0.15, 0.2) is 24.3 Å². The summed E-state index contributed by atoms with van der Waals surface area (Å²) in [5.41, 5.74) is -0.812. The highest BCUT2D eigenvalue weighted by atomic mass is 19.1. The molecule has 1 aromatic rings. The summed E-state index contributed by atoms with van der Waals surface area (Å²) < 4.78 is 13.2. The average molecular weight is 361 g/mol. The zero-order chi connectivity index (χ0) is 18.9. The Kier molecular flexibility index (Phi) is 4.98. The molecule has 1 N–H and O–H groups in total. The van der Waals surface area contributed by atoms with E-state index in [4.69, 9.17) is 0 Å². The maximum absolute atomic E-state index is 13.2. The third kappa shape index (κ3) is 3.57. The van der Waals surface area contributed by atoms with Crippen LogP contribution in [-0.2, 0) is 15.1 Å². The lowest BCUT2D eigenvalue weighted by Crippen LogP contribution is -2.45. The fraction of sp³-hybridized carbons (Fsp3) is 0.526. The number of nitrogens with zero attached hydrogens (tertiary/aromatic N) is 2. The van der Waals surface area contributed by atoms with Crippen molar-refractivity contribution >= 4 is 17.8 Å². The number of halogens is 1. The second-order valence-electron chi connectivity index (χ2n) is 7.24. The predicted molar refractivity (Wildman–Crippen MR) is 93.6 cm³/mol. The molecule has 1 aromatic carbocycles. The SMILES string of the molecule is CCCN(CC1CC1)C(=O)CN1C(=O)N[C@](C)(c2ccc(F)cc2)C1=O. The molecule has 0 bridgehead atoms. The Balaban J connectivity index is 1.73. The molecule has 26 heavy (non-hydrogen) atoms. The minimum Gasteiger partial charge on any atom is -0.341 e. The Morgan fingerprint density at radius 2 is 1.96 bits per heavy atom. The number of amides is 4. The molecule has 4 amide bonds. The fourth-order valence-electron chi connectivity index (χ4n) is 3.25. The molecule has 1 aliphatic heterocycles. The van der Waals surface area contributed by atoms with Gasteiger partial charge in [0, 0.05) is 13.1 Å². The van der Waals surface area contributed by atoms with Crippen molar-refractivity contribution in [2.75, 3.05) is 19.6 Å². The Labute approximate surface area is 152 Å². The first-order valence-corrected chi connectivity index (χ1v) is 9.03. The highest BCUT2D eigenvalue weighted by Crippen LogP contribution is 2.31. The van der Waals surface area contributed by atoms with E-state index in [0.29, 0.717) is 24.6 Å². The van der Waals surface area contributed by atoms with Crippen molar-refractivity contribution in [3.05, 3.63) is 35.6 Å². The van der Waals surface area contributed by atoms with Gasteiger partial charge in [-0.3, -0.25) is 14.5 Å². The molecule has 7 heteroatoms. The first kappa shape index (κ1) is 18.4. The van der Waals surface area contributed by atoms with E-state index in [1.807, 2.05) is 6.92 Å². The van der Waals surface area contributed by atoms with Gasteiger partial charge in [-0.25, -0.2) is 9.18 Å². The molecule has 0 spiro atoms. The number of hydrogen-bond donors (Lipinski definition) is 1. The number of hydrogen-bond acceptors (Lipinski definition) is 3. The van der Waals surface area contributed by atoms with Crippen LogP contribution in [0.25, 0.3) is 0 Å². The van der Waals surface area contributed by atoms with E-state index < -0.39 is 23.3 Å². The van der Waals surface area contributed by atoms with Gasteiger partial charge in [0.05, 0.1) is 0 Å². The molecule has 0 unspecified atom stereocenters. The molecule has 6 nitrogen and oxygen atoms in total. The lowest BCUT2D eigenvalue weighted by molar-refractivity contribution is -0.139. The molecule has 1 saturated carbocycles. The van der Waals surface area contributed by atoms with Crippen molar-refractivity contribution in [3.63, 3.8) is 0 Å². The van der Waals surface area contributed by atoms with Crippen molar-refractivity contribution in [1.29, 1.82) is 0 Å². The van der Waals surface area contributed by atoms with E-state index in [2.05, 4.69) is 5.32 Å². The first-order valence-electron chi connectivity index (χ1n) is 9.03. The standard InChI is InChI=1S/C19H24FN3O3/c1-3-10-22(11-13-4-5-13)16(24)12-23-17(25)19(2,21-18(23)26)14-6-8-15(20)9-7-14/h6-9,13H,3-5,10-12H2,1-2H3,(H,21,26)/t19-/m1/s1. The van der Waals surface area contributed by atoms with E-state index in [0.717, 1.165) is 24.2 Å². The number of benzene rings is 1. The van der Waals surface area contributed by atoms with Crippen LogP contribution in [0.3, 0.4) is 0 Å². The van der Waals surface area contributed by atoms with Gasteiger partial charge in [0.2, 0.25) is 5.91 Å². The minimum atomic E-state index is -1.29. The molecule has 1 atom stereocenters. The normalized spacial score (nSPS) is 22.5. The van der Waals surface area contributed by atoms with Gasteiger partial charge < -0.3 is 10.2 Å². The van der Waals surface area contributed by atoms with E-state index in [1.165, 1.54) is 24.3 Å². The largest absolute Gasteiger partial charge is 0.341 e. The summed E-state index contributed by atoms with van der Waals surface area (Å²) in [6.07, 6.45) is 3.07. The summed E-state index contributed by atoms with van der Waals surface area (Å²) in [7, 11) is 0. The number of nitrogens with one attached hydrogen (secondary N) is 1. The monoisotopic (exact) mass is 361 g/mol. The maximum Gasteiger partial charge on any atom is 0.325 e. The Morgan fingerprint density at radius 1 is 1.31 bits per heavy atom. The topological polar surface area (TPSA) is 69.7 Å². The molecule has 2 fully saturated rings. The third-order valence-electron chi connectivity index (χ3n) is 5.01. The first-order chi connectivity index (χ1) is 12.3. The molecular formula is C19H24FN3O3. The van der Waals surface area contributed by atoms with Gasteiger partial charge in [-0.1, -0.05) is 19.1 Å². The van der Waals surface area contributed by atoms with Crippen LogP contribution >= 0.6 is 0 Å². The minimum absolute atomic E-state index is 0.217. The lowest BCUT2D eigenvalue weighted by atomic mass is 9.92. The van der Waals surface area contributed by atoms with Gasteiger partial charge in [-0.2, -0.15) is 0 Å².